The maximum absolute atomic E-state index is 13.2. The molecule has 174 valence electrons. The Balaban J connectivity index is 1.74. The third-order valence-corrected chi connectivity index (χ3v) is 5.33. The van der Waals surface area contributed by atoms with Crippen LogP contribution in [-0.4, -0.2) is 15.6 Å². The van der Waals surface area contributed by atoms with E-state index < -0.39 is 17.8 Å². The zero-order valence-corrected chi connectivity index (χ0v) is 18.2. The number of primary amides is 1. The fourth-order valence-electron chi connectivity index (χ4n) is 3.55. The molecule has 4 rings (SSSR count). The molecule has 0 atom stereocenters. The van der Waals surface area contributed by atoms with Crippen LogP contribution in [0.5, 0.6) is 0 Å². The van der Waals surface area contributed by atoms with Crippen molar-refractivity contribution < 1.29 is 18.0 Å². The molecule has 10 heteroatoms. The molecule has 0 unspecified atom stereocenters. The number of halogens is 3. The van der Waals surface area contributed by atoms with Gasteiger partial charge in [-0.2, -0.15) is 13.2 Å². The number of aryl methyl sites for hydroxylation is 2. The second kappa shape index (κ2) is 8.54. The molecule has 7 nitrogen and oxygen atoms in total. The summed E-state index contributed by atoms with van der Waals surface area (Å²) in [5.41, 5.74) is 7.22. The largest absolute Gasteiger partial charge is 0.416 e. The van der Waals surface area contributed by atoms with Crippen LogP contribution in [0.1, 0.15) is 11.1 Å². The van der Waals surface area contributed by atoms with Gasteiger partial charge in [-0.25, -0.2) is 9.78 Å². The van der Waals surface area contributed by atoms with Gasteiger partial charge < -0.3 is 15.6 Å². The Kier molecular flexibility index (Phi) is 5.74. The summed E-state index contributed by atoms with van der Waals surface area (Å²) in [7, 11) is 1.61. The van der Waals surface area contributed by atoms with Gasteiger partial charge in [0, 0.05) is 18.4 Å². The van der Waals surface area contributed by atoms with Crippen LogP contribution in [0.4, 0.5) is 40.7 Å². The minimum Gasteiger partial charge on any atom is -0.355 e. The maximum Gasteiger partial charge on any atom is 0.416 e. The molecule has 1 heterocycles. The number of amides is 2. The van der Waals surface area contributed by atoms with Gasteiger partial charge in [-0.3, -0.25) is 9.69 Å². The topological polar surface area (TPSA) is 93.2 Å². The van der Waals surface area contributed by atoms with Gasteiger partial charge in [0.05, 0.1) is 34.2 Å². The first-order chi connectivity index (χ1) is 16.0. The van der Waals surface area contributed by atoms with Crippen LogP contribution in [0.25, 0.3) is 10.9 Å². The molecule has 0 aliphatic rings. The number of anilines is 4. The summed E-state index contributed by atoms with van der Waals surface area (Å²) in [6.45, 7) is 1.83. The van der Waals surface area contributed by atoms with Crippen LogP contribution in [-0.2, 0) is 13.2 Å². The summed E-state index contributed by atoms with van der Waals surface area (Å²) in [6.07, 6.45) is -3.13. The number of fused-ring (bicyclic) bond motifs is 1. The lowest BCUT2D eigenvalue weighted by molar-refractivity contribution is -0.137. The SMILES string of the molecule is Cc1ccc(N(C(N)=O)c2cccc(C(F)(F)F)c2)cc1Nc1ccc2ncn(C)c(=O)c2c1. The summed E-state index contributed by atoms with van der Waals surface area (Å²) in [4.78, 5) is 29.9. The summed E-state index contributed by atoms with van der Waals surface area (Å²) in [5.74, 6) is 0. The highest BCUT2D eigenvalue weighted by molar-refractivity contribution is 5.99. The van der Waals surface area contributed by atoms with Crippen LogP contribution >= 0.6 is 0 Å². The molecule has 0 bridgehead atoms. The summed E-state index contributed by atoms with van der Waals surface area (Å²) >= 11 is 0. The van der Waals surface area contributed by atoms with Crippen molar-refractivity contribution in [3.63, 3.8) is 0 Å². The number of nitrogens with two attached hydrogens (primary N) is 1. The predicted molar refractivity (Wildman–Crippen MR) is 125 cm³/mol. The van der Waals surface area contributed by atoms with Crippen molar-refractivity contribution in [1.82, 2.24) is 9.55 Å². The number of aromatic nitrogens is 2. The van der Waals surface area contributed by atoms with E-state index in [1.54, 1.807) is 43.4 Å². The first-order valence-electron chi connectivity index (χ1n) is 10.1. The smallest absolute Gasteiger partial charge is 0.355 e. The molecule has 0 saturated carbocycles. The van der Waals surface area contributed by atoms with Crippen LogP contribution in [0.2, 0.25) is 0 Å². The van der Waals surface area contributed by atoms with Crippen molar-refractivity contribution in [2.45, 2.75) is 13.1 Å². The van der Waals surface area contributed by atoms with E-state index in [-0.39, 0.29) is 16.9 Å². The Morgan fingerprint density at radius 3 is 2.50 bits per heavy atom. The number of alkyl halides is 3. The molecule has 1 aromatic heterocycles. The van der Waals surface area contributed by atoms with Gasteiger partial charge in [0.2, 0.25) is 0 Å². The molecule has 3 aromatic carbocycles. The number of rotatable bonds is 4. The fraction of sp³-hybridized carbons (Fsp3) is 0.125. The number of benzene rings is 3. The summed E-state index contributed by atoms with van der Waals surface area (Å²) in [5, 5.41) is 3.62. The van der Waals surface area contributed by atoms with E-state index in [1.165, 1.54) is 23.0 Å². The Hall–Kier alpha value is -4.34. The van der Waals surface area contributed by atoms with Gasteiger partial charge in [-0.05, 0) is 61.0 Å². The average Bonchev–Trinajstić information content (AvgIpc) is 2.78. The molecular formula is C24H20F3N5O2. The van der Waals surface area contributed by atoms with E-state index >= 15 is 0 Å². The normalized spacial score (nSPS) is 11.4. The minimum atomic E-state index is -4.57. The molecule has 0 saturated heterocycles. The number of nitrogens with one attached hydrogen (secondary N) is 1. The Morgan fingerprint density at radius 2 is 1.79 bits per heavy atom. The van der Waals surface area contributed by atoms with Gasteiger partial charge >= 0.3 is 12.2 Å². The molecule has 3 N–H and O–H groups in total. The Morgan fingerprint density at radius 1 is 1.06 bits per heavy atom. The fourth-order valence-corrected chi connectivity index (χ4v) is 3.55. The van der Waals surface area contributed by atoms with E-state index in [9.17, 15) is 22.8 Å². The van der Waals surface area contributed by atoms with Crippen LogP contribution in [0.3, 0.4) is 0 Å². The van der Waals surface area contributed by atoms with Crippen LogP contribution in [0, 0.1) is 6.92 Å². The van der Waals surface area contributed by atoms with Crippen LogP contribution < -0.4 is 21.5 Å². The van der Waals surface area contributed by atoms with Gasteiger partial charge in [0.15, 0.2) is 0 Å². The second-order valence-corrected chi connectivity index (χ2v) is 7.74. The van der Waals surface area contributed by atoms with Crippen molar-refractivity contribution >= 4 is 39.7 Å². The van der Waals surface area contributed by atoms with Gasteiger partial charge in [-0.1, -0.05) is 12.1 Å². The highest BCUT2D eigenvalue weighted by Gasteiger charge is 2.31. The number of carbonyl (C=O) groups is 1. The van der Waals surface area contributed by atoms with Crippen molar-refractivity contribution in [3.8, 4) is 0 Å². The minimum absolute atomic E-state index is 0.0163. The van der Waals surface area contributed by atoms with Crippen molar-refractivity contribution in [1.29, 1.82) is 0 Å². The molecule has 2 amide bonds. The van der Waals surface area contributed by atoms with Crippen molar-refractivity contribution in [3.05, 3.63) is 88.5 Å². The quantitative estimate of drug-likeness (QED) is 0.430. The number of carbonyl (C=O) groups excluding carboxylic acids is 1. The lowest BCUT2D eigenvalue weighted by Gasteiger charge is -2.23. The number of nitrogens with zero attached hydrogens (tertiary/aromatic N) is 3. The Bertz CT molecular complexity index is 1460. The number of hydrogen-bond acceptors (Lipinski definition) is 4. The highest BCUT2D eigenvalue weighted by atomic mass is 19.4. The molecule has 4 aromatic rings. The molecule has 34 heavy (non-hydrogen) atoms. The predicted octanol–water partition coefficient (Wildman–Crippen LogP) is 5.22. The zero-order chi connectivity index (χ0) is 24.6. The van der Waals surface area contributed by atoms with E-state index in [0.29, 0.717) is 22.3 Å². The van der Waals surface area contributed by atoms with Gasteiger partial charge in [-0.15, -0.1) is 0 Å². The standard InChI is InChI=1S/C24H20F3N5O2/c1-14-6-8-18(32(23(28)34)17-5-3-4-15(10-17)24(25,26)27)12-21(14)30-16-7-9-20-19(11-16)22(33)31(2)13-29-20/h3-13,30H,1-2H3,(H2,28,34). The van der Waals surface area contributed by atoms with E-state index in [1.807, 2.05) is 6.92 Å². The maximum atomic E-state index is 13.2. The van der Waals surface area contributed by atoms with Crippen molar-refractivity contribution in [2.24, 2.45) is 12.8 Å². The lowest BCUT2D eigenvalue weighted by atomic mass is 10.1. The molecular weight excluding hydrogens is 447 g/mol. The van der Waals surface area contributed by atoms with Crippen LogP contribution in [0.15, 0.2) is 71.8 Å². The average molecular weight is 467 g/mol. The molecule has 0 aliphatic heterocycles. The monoisotopic (exact) mass is 467 g/mol. The van der Waals surface area contributed by atoms with E-state index in [0.717, 1.165) is 22.6 Å². The first-order valence-corrected chi connectivity index (χ1v) is 10.1. The number of urea groups is 1. The molecule has 0 radical (unpaired) electrons. The van der Waals surface area contributed by atoms with E-state index in [4.69, 9.17) is 5.73 Å². The highest BCUT2D eigenvalue weighted by Crippen LogP contribution is 2.35. The molecule has 0 spiro atoms. The number of hydrogen-bond donors (Lipinski definition) is 2. The first kappa shape index (κ1) is 22.8. The molecule has 0 aliphatic carbocycles. The Labute approximate surface area is 192 Å². The molecule has 0 fully saturated rings. The third-order valence-electron chi connectivity index (χ3n) is 5.33. The zero-order valence-electron chi connectivity index (χ0n) is 18.2. The summed E-state index contributed by atoms with van der Waals surface area (Å²) in [6, 6.07) is 13.5. The third kappa shape index (κ3) is 4.42. The second-order valence-electron chi connectivity index (χ2n) is 7.74. The van der Waals surface area contributed by atoms with Gasteiger partial charge in [0.1, 0.15) is 0 Å². The van der Waals surface area contributed by atoms with Gasteiger partial charge in [0.25, 0.3) is 5.56 Å². The van der Waals surface area contributed by atoms with E-state index in [2.05, 4.69) is 10.3 Å². The van der Waals surface area contributed by atoms with Crippen molar-refractivity contribution in [2.75, 3.05) is 10.2 Å². The lowest BCUT2D eigenvalue weighted by Crippen LogP contribution is -2.31. The summed E-state index contributed by atoms with van der Waals surface area (Å²) < 4.78 is 40.9.